The number of imidazole rings is 3. The number of nitrogens with zero attached hydrogens (tertiary/aromatic N) is 14. The summed E-state index contributed by atoms with van der Waals surface area (Å²) in [4.78, 5) is 46.7. The highest BCUT2D eigenvalue weighted by atomic mass is 79.9. The van der Waals surface area contributed by atoms with Crippen molar-refractivity contribution < 1.29 is 5.48 Å². The zero-order valence-electron chi connectivity index (χ0n) is 58.1. The van der Waals surface area contributed by atoms with E-state index in [1.807, 2.05) is 189 Å². The molecule has 22 nitrogen and oxygen atoms in total. The van der Waals surface area contributed by atoms with Crippen LogP contribution in [0.3, 0.4) is 0 Å². The van der Waals surface area contributed by atoms with Gasteiger partial charge in [0.1, 0.15) is 61.4 Å². The zero-order valence-corrected chi connectivity index (χ0v) is 68.9. The number of nitrogens with two attached hydrogens (primary N) is 4. The van der Waals surface area contributed by atoms with Crippen LogP contribution in [0.4, 0.5) is 46.2 Å². The molecule has 0 saturated carbocycles. The second kappa shape index (κ2) is 41.0. The molecule has 0 bridgehead atoms. The summed E-state index contributed by atoms with van der Waals surface area (Å²) in [5.41, 5.74) is 35.4. The first kappa shape index (κ1) is 85.6. The van der Waals surface area contributed by atoms with Gasteiger partial charge in [0.15, 0.2) is 0 Å². The lowest BCUT2D eigenvalue weighted by atomic mass is 10.2. The summed E-state index contributed by atoms with van der Waals surface area (Å²) in [7, 11) is 0. The maximum Gasteiger partial charge on any atom is 0.231 e. The average Bonchev–Trinajstić information content (AvgIpc) is 1.66. The molecule has 0 unspecified atom stereocenters. The summed E-state index contributed by atoms with van der Waals surface area (Å²) in [6.07, 6.45) is 5.54. The topological polar surface area (TPSA) is 351 Å². The van der Waals surface area contributed by atoms with E-state index >= 15 is 0 Å². The maximum absolute atomic E-state index is 6.26. The van der Waals surface area contributed by atoms with Gasteiger partial charge >= 0.3 is 0 Å². The van der Waals surface area contributed by atoms with Gasteiger partial charge in [0.25, 0.3) is 0 Å². The molecule has 32 heteroatoms. The SMILES string of the molecule is CCCCCC.Cc1ccc(N)cc1.Cc1ccc(Nc2nc(Cl)cc(-n3c(C)nc4ccc(Br)cc43)n2)cc1.Cc1ccc(Nc2nc(N)cc(-n3c(C)nc4ccc(Br)cc43)n2)cc1.Cc1nc2ccc(Br)cc2n1-c1cc(Cl)nc(Cl)n1.Clc1cc(Cl)nc(Cl)n1.N.Nc1ccc(Br)cc1N.O. The van der Waals surface area contributed by atoms with Gasteiger partial charge in [-0.15, -0.1) is 0 Å². The molecule has 0 spiro atoms. The van der Waals surface area contributed by atoms with Gasteiger partial charge in [0.05, 0.1) is 44.5 Å². The Hall–Kier alpha value is -8.35. The number of aromatic nitrogens is 14. The van der Waals surface area contributed by atoms with Crippen molar-refractivity contribution in [1.29, 1.82) is 0 Å². The summed E-state index contributed by atoms with van der Waals surface area (Å²) in [5, 5.41) is 7.74. The fourth-order valence-electron chi connectivity index (χ4n) is 9.57. The molecule has 0 atom stereocenters. The van der Waals surface area contributed by atoms with E-state index in [1.54, 1.807) is 30.3 Å². The number of aryl methyl sites for hydroxylation is 6. The fraction of sp³-hybridized carbons (Fsp3) is 0.164. The van der Waals surface area contributed by atoms with Crippen LogP contribution in [0.25, 0.3) is 50.6 Å². The number of hydrogen-bond acceptors (Lipinski definition) is 18. The van der Waals surface area contributed by atoms with Crippen molar-refractivity contribution >= 4 is 213 Å². The molecule has 0 fully saturated rings. The van der Waals surface area contributed by atoms with Crippen LogP contribution in [0.5, 0.6) is 0 Å². The lowest BCUT2D eigenvalue weighted by Crippen LogP contribution is -2.07. The van der Waals surface area contributed by atoms with Crippen molar-refractivity contribution in [3.8, 4) is 17.5 Å². The summed E-state index contributed by atoms with van der Waals surface area (Å²) >= 11 is 48.0. The number of halogens is 10. The molecule has 0 aliphatic heterocycles. The third-order valence-corrected chi connectivity index (χ3v) is 17.5. The lowest BCUT2D eigenvalue weighted by molar-refractivity contribution is 0.702. The predicted molar refractivity (Wildman–Crippen MR) is 450 cm³/mol. The number of fused-ring (bicyclic) bond motifs is 3. The number of benzene rings is 7. The Bertz CT molecular complexity index is 4920. The van der Waals surface area contributed by atoms with Crippen molar-refractivity contribution in [2.75, 3.05) is 33.6 Å². The molecular formula is C73H75Br4Cl6N21O. The van der Waals surface area contributed by atoms with E-state index in [-0.39, 0.29) is 32.5 Å². The van der Waals surface area contributed by atoms with Gasteiger partial charge in [0, 0.05) is 59.2 Å². The van der Waals surface area contributed by atoms with Gasteiger partial charge in [-0.2, -0.15) is 19.9 Å². The molecule has 14 aromatic rings. The van der Waals surface area contributed by atoms with Crippen molar-refractivity contribution in [1.82, 2.24) is 74.7 Å². The van der Waals surface area contributed by atoms with E-state index in [0.29, 0.717) is 56.8 Å². The van der Waals surface area contributed by atoms with Crippen molar-refractivity contribution in [2.45, 2.75) is 81.1 Å². The first-order chi connectivity index (χ1) is 49.1. The smallest absolute Gasteiger partial charge is 0.231 e. The molecule has 0 radical (unpaired) electrons. The molecule has 15 N–H and O–H groups in total. The second-order valence-electron chi connectivity index (χ2n) is 22.7. The number of rotatable bonds is 10. The van der Waals surface area contributed by atoms with Gasteiger partial charge in [-0.05, 0) is 174 Å². The maximum atomic E-state index is 6.26. The van der Waals surface area contributed by atoms with Crippen LogP contribution in [0.2, 0.25) is 31.2 Å². The normalized spacial score (nSPS) is 10.3. The zero-order chi connectivity index (χ0) is 74.6. The Labute approximate surface area is 672 Å². The summed E-state index contributed by atoms with van der Waals surface area (Å²) in [6.45, 7) is 16.4. The third-order valence-electron chi connectivity index (χ3n) is 14.4. The highest BCUT2D eigenvalue weighted by Gasteiger charge is 2.17. The van der Waals surface area contributed by atoms with Crippen LogP contribution >= 0.6 is 133 Å². The average molecular weight is 1790 g/mol. The first-order valence-corrected chi connectivity index (χ1v) is 37.1. The van der Waals surface area contributed by atoms with Crippen LogP contribution in [0.1, 0.15) is 73.7 Å². The second-order valence-corrected chi connectivity index (χ2v) is 28.6. The van der Waals surface area contributed by atoms with E-state index in [1.165, 1.54) is 48.4 Å². The molecule has 7 aromatic carbocycles. The molecule has 0 amide bonds. The molecule has 0 aliphatic carbocycles. The van der Waals surface area contributed by atoms with E-state index in [9.17, 15) is 0 Å². The molecule has 7 heterocycles. The Morgan fingerprint density at radius 1 is 0.352 bits per heavy atom. The van der Waals surface area contributed by atoms with Gasteiger partial charge < -0.3 is 45.2 Å². The number of unbranched alkanes of at least 4 members (excludes halogenated alkanes) is 3. The van der Waals surface area contributed by atoms with E-state index in [2.05, 4.69) is 143 Å². The van der Waals surface area contributed by atoms with Crippen LogP contribution in [0.15, 0.2) is 188 Å². The van der Waals surface area contributed by atoms with Crippen molar-refractivity contribution in [3.63, 3.8) is 0 Å². The van der Waals surface area contributed by atoms with Gasteiger partial charge in [-0.3, -0.25) is 13.7 Å². The van der Waals surface area contributed by atoms with Crippen molar-refractivity contribution in [2.24, 2.45) is 0 Å². The lowest BCUT2D eigenvalue weighted by Gasteiger charge is -2.11. The fourth-order valence-corrected chi connectivity index (χ4v) is 12.3. The molecule has 0 aliphatic rings. The van der Waals surface area contributed by atoms with Crippen LogP contribution in [-0.2, 0) is 0 Å². The molecule has 0 saturated heterocycles. The minimum absolute atomic E-state index is 0. The highest BCUT2D eigenvalue weighted by molar-refractivity contribution is 9.11. The van der Waals surface area contributed by atoms with Crippen LogP contribution in [-0.4, -0.2) is 74.0 Å². The standard InChI is InChI=1S/C19H15BrClN5.C19H17BrN6.C12H7BrCl2N4.C7H9N.C6H7BrN2.C6H14.C4HCl3N2.H3N.H2O/c2*1-11-3-6-14(7-4-11)23-19-24-17(21)10-18(25-19)26-12(2)22-15-8-5-13(20)9-16(15)26;1-6-16-8-3-2-7(13)4-9(8)19(6)11-5-10(14)17-12(15)18-11;1-6-2-4-7(8)5-3-6;7-4-1-2-5(8)6(9)3-4;1-3-5-6-4-2;5-2-1-3(6)9-4(7)8-2;;/h3-10H,1-2H3,(H,23,24,25);3-10H,1-2H3,(H3,21,23,24,25);2-5H,1H3;2-5H,8H2,1H3;1-3H,8-9H2;3-6H2,1-2H3;1H;1H3;1H2. The van der Waals surface area contributed by atoms with E-state index in [0.717, 1.165) is 85.5 Å². The van der Waals surface area contributed by atoms with Crippen LogP contribution in [0, 0.1) is 41.5 Å². The summed E-state index contributed by atoms with van der Waals surface area (Å²) < 4.78 is 9.70. The van der Waals surface area contributed by atoms with E-state index in [4.69, 9.17) is 92.5 Å². The number of nitrogen functional groups attached to an aromatic ring is 4. The van der Waals surface area contributed by atoms with E-state index < -0.39 is 0 Å². The molecular weight excluding hydrogens is 1720 g/mol. The summed E-state index contributed by atoms with van der Waals surface area (Å²) in [5.74, 6) is 5.67. The van der Waals surface area contributed by atoms with Crippen LogP contribution < -0.4 is 39.7 Å². The monoisotopic (exact) mass is 1790 g/mol. The number of anilines is 8. The van der Waals surface area contributed by atoms with Crippen molar-refractivity contribution in [3.05, 3.63) is 253 Å². The Balaban J connectivity index is 0.000000204. The largest absolute Gasteiger partial charge is 0.412 e. The molecule has 548 valence electrons. The highest BCUT2D eigenvalue weighted by Crippen LogP contribution is 2.30. The predicted octanol–water partition coefficient (Wildman–Crippen LogP) is 21.9. The van der Waals surface area contributed by atoms with Gasteiger partial charge in [-0.1, -0.05) is 203 Å². The van der Waals surface area contributed by atoms with Gasteiger partial charge in [0.2, 0.25) is 22.5 Å². The molecule has 105 heavy (non-hydrogen) atoms. The first-order valence-electron chi connectivity index (χ1n) is 31.6. The summed E-state index contributed by atoms with van der Waals surface area (Å²) in [6, 6.07) is 53.5. The molecule has 7 aromatic heterocycles. The Morgan fingerprint density at radius 3 is 1.05 bits per heavy atom. The Kier molecular flexibility index (Phi) is 33.4. The molecule has 14 rings (SSSR count). The quantitative estimate of drug-likeness (QED) is 0.0289. The number of nitrogens with one attached hydrogen (secondary N) is 2. The minimum Gasteiger partial charge on any atom is -0.412 e. The van der Waals surface area contributed by atoms with Gasteiger partial charge in [-0.25, -0.2) is 34.9 Å². The number of hydrogen-bond donors (Lipinski definition) is 7. The Morgan fingerprint density at radius 2 is 0.686 bits per heavy atom. The third kappa shape index (κ3) is 25.7. The minimum atomic E-state index is 0.